The van der Waals surface area contributed by atoms with Crippen LogP contribution >= 0.6 is 0 Å². The molecule has 1 aromatic carbocycles. The molecule has 5 nitrogen and oxygen atoms in total. The Kier molecular flexibility index (Phi) is 5.65. The summed E-state index contributed by atoms with van der Waals surface area (Å²) in [5.41, 5.74) is 12.8. The fourth-order valence-corrected chi connectivity index (χ4v) is 1.68. The van der Waals surface area contributed by atoms with E-state index in [-0.39, 0.29) is 24.0 Å². The summed E-state index contributed by atoms with van der Waals surface area (Å²) in [6.07, 6.45) is 3.92. The lowest BCUT2D eigenvalue weighted by Crippen LogP contribution is -2.21. The van der Waals surface area contributed by atoms with Gasteiger partial charge in [-0.3, -0.25) is 4.79 Å². The van der Waals surface area contributed by atoms with Crippen LogP contribution in [0, 0.1) is 5.92 Å². The van der Waals surface area contributed by atoms with Crippen molar-refractivity contribution in [3.05, 3.63) is 42.6 Å². The zero-order valence-electron chi connectivity index (χ0n) is 11.6. The van der Waals surface area contributed by atoms with E-state index in [1.54, 1.807) is 31.2 Å². The van der Waals surface area contributed by atoms with E-state index in [0.29, 0.717) is 23.5 Å². The third kappa shape index (κ3) is 4.68. The highest BCUT2D eigenvalue weighted by Gasteiger charge is 2.14. The van der Waals surface area contributed by atoms with Crippen molar-refractivity contribution in [2.24, 2.45) is 11.7 Å². The summed E-state index contributed by atoms with van der Waals surface area (Å²) in [6.45, 7) is 5.52. The third-order valence-corrected chi connectivity index (χ3v) is 2.87. The molecule has 1 unspecified atom stereocenters. The van der Waals surface area contributed by atoms with Gasteiger partial charge >= 0.3 is 0 Å². The second-order valence-electron chi connectivity index (χ2n) is 4.62. The molecule has 0 saturated heterocycles. The van der Waals surface area contributed by atoms with E-state index in [0.717, 1.165) is 0 Å². The first-order valence-electron chi connectivity index (χ1n) is 6.34. The molecule has 1 atom stereocenters. The maximum Gasteiger partial charge on any atom is 0.158 e. The van der Waals surface area contributed by atoms with Gasteiger partial charge < -0.3 is 21.9 Å². The average molecular weight is 275 g/mol. The van der Waals surface area contributed by atoms with Crippen molar-refractivity contribution in [3.8, 4) is 5.75 Å². The first-order valence-corrected chi connectivity index (χ1v) is 6.34. The zero-order valence-corrected chi connectivity index (χ0v) is 11.6. The summed E-state index contributed by atoms with van der Waals surface area (Å²) in [5.74, 6) is -0.275. The molecule has 0 fully saturated rings. The number of carbonyl (C=O) groups is 1. The maximum absolute atomic E-state index is 12.0. The number of nitrogen functional groups attached to an aromatic ring is 1. The Balaban J connectivity index is 2.63. The van der Waals surface area contributed by atoms with Crippen LogP contribution in [0.4, 0.5) is 11.4 Å². The minimum absolute atomic E-state index is 0.0284. The Bertz CT molecular complexity index is 520. The average Bonchev–Trinajstić information content (AvgIpc) is 2.40. The Morgan fingerprint density at radius 2 is 2.25 bits per heavy atom. The van der Waals surface area contributed by atoms with E-state index in [4.69, 9.17) is 11.5 Å². The Morgan fingerprint density at radius 1 is 1.55 bits per heavy atom. The number of benzene rings is 1. The van der Waals surface area contributed by atoms with Crippen LogP contribution in [0.25, 0.3) is 0 Å². The molecule has 0 bridgehead atoms. The van der Waals surface area contributed by atoms with E-state index in [1.165, 1.54) is 6.07 Å². The fraction of sp³-hybridized carbons (Fsp3) is 0.267. The monoisotopic (exact) mass is 275 g/mol. The lowest BCUT2D eigenvalue weighted by atomic mass is 9.99. The zero-order chi connectivity index (χ0) is 15.1. The molecule has 0 aliphatic carbocycles. The summed E-state index contributed by atoms with van der Waals surface area (Å²) < 4.78 is 0. The highest BCUT2D eigenvalue weighted by atomic mass is 16.3. The second kappa shape index (κ2) is 7.23. The quantitative estimate of drug-likeness (QED) is 0.264. The maximum atomic E-state index is 12.0. The van der Waals surface area contributed by atoms with E-state index in [2.05, 4.69) is 11.9 Å². The number of nitrogens with one attached hydrogen (secondary N) is 1. The predicted molar refractivity (Wildman–Crippen MR) is 82.3 cm³/mol. The number of anilines is 2. The van der Waals surface area contributed by atoms with Crippen LogP contribution in [0.3, 0.4) is 0 Å². The molecule has 0 saturated carbocycles. The number of rotatable bonds is 7. The SMILES string of the molecule is C=CC(C/C=C(\C)N)C(=O)CNc1cc(N)ccc1O. The van der Waals surface area contributed by atoms with Crippen LogP contribution in [0.1, 0.15) is 13.3 Å². The predicted octanol–water partition coefficient (Wildman–Crippen LogP) is 2.01. The van der Waals surface area contributed by atoms with Crippen LogP contribution in [0.5, 0.6) is 5.75 Å². The molecule has 0 aliphatic rings. The van der Waals surface area contributed by atoms with E-state index in [1.807, 2.05) is 0 Å². The molecule has 0 heterocycles. The van der Waals surface area contributed by atoms with Gasteiger partial charge in [0.1, 0.15) is 5.75 Å². The van der Waals surface area contributed by atoms with Gasteiger partial charge in [0.25, 0.3) is 0 Å². The van der Waals surface area contributed by atoms with Crippen molar-refractivity contribution < 1.29 is 9.90 Å². The Hall–Kier alpha value is -2.43. The summed E-state index contributed by atoms with van der Waals surface area (Å²) in [4.78, 5) is 12.0. The number of Topliss-reactive ketones (excluding diaryl/α,β-unsaturated/α-hetero) is 1. The van der Waals surface area contributed by atoms with Crippen LogP contribution < -0.4 is 16.8 Å². The van der Waals surface area contributed by atoms with E-state index < -0.39 is 0 Å². The molecule has 6 N–H and O–H groups in total. The van der Waals surface area contributed by atoms with Gasteiger partial charge in [0.15, 0.2) is 5.78 Å². The molecule has 108 valence electrons. The van der Waals surface area contributed by atoms with Crippen molar-refractivity contribution >= 4 is 17.2 Å². The van der Waals surface area contributed by atoms with Crippen LogP contribution in [0.2, 0.25) is 0 Å². The molecule has 0 spiro atoms. The fourth-order valence-electron chi connectivity index (χ4n) is 1.68. The van der Waals surface area contributed by atoms with Gasteiger partial charge in [0, 0.05) is 17.3 Å². The van der Waals surface area contributed by atoms with Gasteiger partial charge in [0.05, 0.1) is 12.2 Å². The van der Waals surface area contributed by atoms with Crippen molar-refractivity contribution in [2.45, 2.75) is 13.3 Å². The summed E-state index contributed by atoms with van der Waals surface area (Å²) >= 11 is 0. The second-order valence-corrected chi connectivity index (χ2v) is 4.62. The Morgan fingerprint density at radius 3 is 2.85 bits per heavy atom. The number of nitrogens with two attached hydrogens (primary N) is 2. The molecular weight excluding hydrogens is 254 g/mol. The number of ketones is 1. The van der Waals surface area contributed by atoms with Gasteiger partial charge in [-0.05, 0) is 31.5 Å². The van der Waals surface area contributed by atoms with Gasteiger partial charge in [-0.15, -0.1) is 6.58 Å². The van der Waals surface area contributed by atoms with Crippen LogP contribution in [0.15, 0.2) is 42.6 Å². The molecule has 0 aromatic heterocycles. The molecule has 5 heteroatoms. The highest BCUT2D eigenvalue weighted by molar-refractivity contribution is 5.87. The van der Waals surface area contributed by atoms with Gasteiger partial charge in [-0.2, -0.15) is 0 Å². The van der Waals surface area contributed by atoms with Crippen LogP contribution in [-0.2, 0) is 4.79 Å². The minimum Gasteiger partial charge on any atom is -0.506 e. The Labute approximate surface area is 119 Å². The standard InChI is InChI=1S/C15H21N3O2/c1-3-11(5-4-10(2)16)15(20)9-18-13-8-12(17)6-7-14(13)19/h3-4,6-8,11,18-19H,1,5,9,16-17H2,2H3/b10-4+. The first-order chi connectivity index (χ1) is 9.43. The molecule has 0 aliphatic heterocycles. The smallest absolute Gasteiger partial charge is 0.158 e. The molecular formula is C15H21N3O2. The minimum atomic E-state index is -0.302. The van der Waals surface area contributed by atoms with E-state index in [9.17, 15) is 9.90 Å². The summed E-state index contributed by atoms with van der Waals surface area (Å²) in [7, 11) is 0. The number of hydrogen-bond acceptors (Lipinski definition) is 5. The van der Waals surface area contributed by atoms with Gasteiger partial charge in [0.2, 0.25) is 0 Å². The molecule has 1 aromatic rings. The number of carbonyl (C=O) groups excluding carboxylic acids is 1. The van der Waals surface area contributed by atoms with Crippen molar-refractivity contribution in [1.82, 2.24) is 0 Å². The van der Waals surface area contributed by atoms with Crippen molar-refractivity contribution in [3.63, 3.8) is 0 Å². The van der Waals surface area contributed by atoms with Crippen molar-refractivity contribution in [1.29, 1.82) is 0 Å². The molecule has 0 amide bonds. The van der Waals surface area contributed by atoms with Gasteiger partial charge in [-0.25, -0.2) is 0 Å². The lowest BCUT2D eigenvalue weighted by molar-refractivity contribution is -0.119. The normalized spacial score (nSPS) is 12.8. The van der Waals surface area contributed by atoms with Gasteiger partial charge in [-0.1, -0.05) is 12.2 Å². The van der Waals surface area contributed by atoms with Crippen LogP contribution in [-0.4, -0.2) is 17.4 Å². The van der Waals surface area contributed by atoms with E-state index >= 15 is 0 Å². The lowest BCUT2D eigenvalue weighted by Gasteiger charge is -2.12. The molecule has 1 rings (SSSR count). The topological polar surface area (TPSA) is 101 Å². The number of hydrogen-bond donors (Lipinski definition) is 4. The number of allylic oxidation sites excluding steroid dienone is 3. The highest BCUT2D eigenvalue weighted by Crippen LogP contribution is 2.25. The summed E-state index contributed by atoms with van der Waals surface area (Å²) in [5, 5.41) is 12.5. The first kappa shape index (κ1) is 15.6. The summed E-state index contributed by atoms with van der Waals surface area (Å²) in [6, 6.07) is 4.65. The molecule has 0 radical (unpaired) electrons. The number of phenols is 1. The molecule has 20 heavy (non-hydrogen) atoms. The number of aromatic hydroxyl groups is 1. The largest absolute Gasteiger partial charge is 0.506 e. The number of phenolic OH excluding ortho intramolecular Hbond substituents is 1. The third-order valence-electron chi connectivity index (χ3n) is 2.87. The van der Waals surface area contributed by atoms with Crippen molar-refractivity contribution in [2.75, 3.05) is 17.6 Å².